The smallest absolute Gasteiger partial charge is 0.339 e. The molecule has 0 aliphatic carbocycles. The molecule has 26 heavy (non-hydrogen) atoms. The van der Waals surface area contributed by atoms with Gasteiger partial charge >= 0.3 is 5.97 Å². The van der Waals surface area contributed by atoms with Crippen molar-refractivity contribution in [3.63, 3.8) is 0 Å². The van der Waals surface area contributed by atoms with Crippen molar-refractivity contribution in [2.75, 3.05) is 0 Å². The molecule has 0 saturated heterocycles. The van der Waals surface area contributed by atoms with E-state index >= 15 is 0 Å². The summed E-state index contributed by atoms with van der Waals surface area (Å²) in [5, 5.41) is 13.9. The van der Waals surface area contributed by atoms with Gasteiger partial charge in [0.2, 0.25) is 0 Å². The van der Waals surface area contributed by atoms with E-state index in [4.69, 9.17) is 0 Å². The molecule has 4 aromatic rings. The zero-order chi connectivity index (χ0) is 18.3. The minimum absolute atomic E-state index is 0.0459. The van der Waals surface area contributed by atoms with Crippen molar-refractivity contribution in [3.05, 3.63) is 76.5 Å². The van der Waals surface area contributed by atoms with Crippen molar-refractivity contribution in [1.29, 1.82) is 0 Å². The van der Waals surface area contributed by atoms with Gasteiger partial charge < -0.3 is 5.11 Å². The van der Waals surface area contributed by atoms with E-state index in [1.165, 1.54) is 22.7 Å². The maximum atomic E-state index is 13.2. The Labute approximate surface area is 155 Å². The van der Waals surface area contributed by atoms with E-state index in [0.717, 1.165) is 10.0 Å². The molecule has 0 aliphatic rings. The first kappa shape index (κ1) is 16.4. The molecule has 0 fully saturated rings. The summed E-state index contributed by atoms with van der Waals surface area (Å²) in [6.45, 7) is 0. The Bertz CT molecular complexity index is 1140. The summed E-state index contributed by atoms with van der Waals surface area (Å²) in [4.78, 5) is 15.9. The normalized spacial score (nSPS) is 11.0. The number of nitrogens with zero attached hydrogens (tertiary/aromatic N) is 3. The third kappa shape index (κ3) is 2.86. The molecule has 0 atom stereocenters. The number of pyridine rings is 1. The summed E-state index contributed by atoms with van der Waals surface area (Å²) in [5.74, 6) is -1.12. The first-order chi connectivity index (χ1) is 12.5. The highest BCUT2D eigenvalue weighted by molar-refractivity contribution is 9.10. The molecule has 2 aromatic carbocycles. The lowest BCUT2D eigenvalue weighted by atomic mass is 10.1. The fraction of sp³-hybridized carbons (Fsp3) is 0. The summed E-state index contributed by atoms with van der Waals surface area (Å²) < 4.78 is 15.6. The Balaban J connectivity index is 1.98. The van der Waals surface area contributed by atoms with Crippen LogP contribution in [0.3, 0.4) is 0 Å². The number of hydrogen-bond donors (Lipinski definition) is 1. The number of benzene rings is 2. The molecule has 0 radical (unpaired) electrons. The standard InChI is InChI=1S/C19H11BrFN3O2/c20-13-3-1-2-12(10-13)16-9-8-15(19(25)26)18-22-17(23-24(16)18)11-4-6-14(21)7-5-11/h1-10H,(H,25,26). The molecule has 2 heterocycles. The molecule has 0 unspecified atom stereocenters. The zero-order valence-electron chi connectivity index (χ0n) is 13.2. The van der Waals surface area contributed by atoms with Crippen molar-refractivity contribution in [2.24, 2.45) is 0 Å². The average molecular weight is 412 g/mol. The van der Waals surface area contributed by atoms with E-state index in [9.17, 15) is 14.3 Å². The van der Waals surface area contributed by atoms with Crippen molar-refractivity contribution in [1.82, 2.24) is 14.6 Å². The van der Waals surface area contributed by atoms with Gasteiger partial charge in [-0.1, -0.05) is 28.1 Å². The van der Waals surface area contributed by atoms with Crippen LogP contribution in [0, 0.1) is 5.82 Å². The fourth-order valence-corrected chi connectivity index (χ4v) is 3.12. The number of carboxylic acids is 1. The molecule has 4 rings (SSSR count). The summed E-state index contributed by atoms with van der Waals surface area (Å²) in [7, 11) is 0. The van der Waals surface area contributed by atoms with E-state index in [-0.39, 0.29) is 17.0 Å². The molecule has 2 aromatic heterocycles. The third-order valence-electron chi connectivity index (χ3n) is 3.94. The van der Waals surface area contributed by atoms with Gasteiger partial charge in [0.1, 0.15) is 11.4 Å². The number of hydrogen-bond acceptors (Lipinski definition) is 3. The number of aromatic carboxylic acids is 1. The topological polar surface area (TPSA) is 67.5 Å². The largest absolute Gasteiger partial charge is 0.478 e. The molecule has 0 aliphatic heterocycles. The lowest BCUT2D eigenvalue weighted by Crippen LogP contribution is -2.03. The van der Waals surface area contributed by atoms with E-state index in [0.29, 0.717) is 17.1 Å². The highest BCUT2D eigenvalue weighted by Gasteiger charge is 2.18. The molecule has 0 saturated carbocycles. The Morgan fingerprint density at radius 2 is 1.81 bits per heavy atom. The highest BCUT2D eigenvalue weighted by atomic mass is 79.9. The highest BCUT2D eigenvalue weighted by Crippen LogP contribution is 2.27. The van der Waals surface area contributed by atoms with Crippen molar-refractivity contribution >= 4 is 27.5 Å². The van der Waals surface area contributed by atoms with Crippen LogP contribution in [0.15, 0.2) is 65.1 Å². The number of fused-ring (bicyclic) bond motifs is 1. The minimum Gasteiger partial charge on any atom is -0.478 e. The molecule has 1 N–H and O–H groups in total. The first-order valence-corrected chi connectivity index (χ1v) is 8.47. The van der Waals surface area contributed by atoms with E-state index in [1.807, 2.05) is 24.3 Å². The third-order valence-corrected chi connectivity index (χ3v) is 4.43. The van der Waals surface area contributed by atoms with Gasteiger partial charge in [-0.15, -0.1) is 5.10 Å². The second-order valence-corrected chi connectivity index (χ2v) is 6.54. The van der Waals surface area contributed by atoms with Crippen molar-refractivity contribution < 1.29 is 14.3 Å². The van der Waals surface area contributed by atoms with Gasteiger partial charge in [-0.3, -0.25) is 0 Å². The number of carbonyl (C=O) groups is 1. The van der Waals surface area contributed by atoms with Gasteiger partial charge in [0.15, 0.2) is 11.5 Å². The second kappa shape index (κ2) is 6.34. The van der Waals surface area contributed by atoms with Crippen molar-refractivity contribution in [3.8, 4) is 22.6 Å². The van der Waals surface area contributed by atoms with Crippen LogP contribution in [0.4, 0.5) is 4.39 Å². The number of carboxylic acid groups (broad SMARTS) is 1. The quantitative estimate of drug-likeness (QED) is 0.532. The van der Waals surface area contributed by atoms with Crippen LogP contribution in [0.25, 0.3) is 28.3 Å². The van der Waals surface area contributed by atoms with Gasteiger partial charge in [-0.2, -0.15) is 0 Å². The molecule has 7 heteroatoms. The van der Waals surface area contributed by atoms with E-state index in [1.54, 1.807) is 18.2 Å². The van der Waals surface area contributed by atoms with Crippen LogP contribution in [-0.2, 0) is 0 Å². The fourth-order valence-electron chi connectivity index (χ4n) is 2.72. The van der Waals surface area contributed by atoms with Gasteiger partial charge in [-0.05, 0) is 48.5 Å². The van der Waals surface area contributed by atoms with Crippen molar-refractivity contribution in [2.45, 2.75) is 0 Å². The molecule has 128 valence electrons. The van der Waals surface area contributed by atoms with Crippen LogP contribution in [-0.4, -0.2) is 25.7 Å². The van der Waals surface area contributed by atoms with Crippen LogP contribution in [0.2, 0.25) is 0 Å². The van der Waals surface area contributed by atoms with E-state index < -0.39 is 5.97 Å². The Kier molecular flexibility index (Phi) is 4.00. The van der Waals surface area contributed by atoms with Crippen LogP contribution in [0.5, 0.6) is 0 Å². The molecule has 5 nitrogen and oxygen atoms in total. The average Bonchev–Trinajstić information content (AvgIpc) is 3.06. The Morgan fingerprint density at radius 1 is 1.04 bits per heavy atom. The molecular weight excluding hydrogens is 401 g/mol. The molecular formula is C19H11BrFN3O2. The molecule has 0 spiro atoms. The summed E-state index contributed by atoms with van der Waals surface area (Å²) in [5.41, 5.74) is 2.44. The predicted octanol–water partition coefficient (Wildman–Crippen LogP) is 4.66. The number of rotatable bonds is 3. The summed E-state index contributed by atoms with van der Waals surface area (Å²) in [6.07, 6.45) is 0. The van der Waals surface area contributed by atoms with E-state index in [2.05, 4.69) is 26.0 Å². The molecule has 0 amide bonds. The Morgan fingerprint density at radius 3 is 2.50 bits per heavy atom. The van der Waals surface area contributed by atoms with Gasteiger partial charge in [0.05, 0.1) is 5.69 Å². The lowest BCUT2D eigenvalue weighted by Gasteiger charge is -2.06. The summed E-state index contributed by atoms with van der Waals surface area (Å²) >= 11 is 3.43. The first-order valence-electron chi connectivity index (χ1n) is 7.68. The van der Waals surface area contributed by atoms with Gasteiger partial charge in [-0.25, -0.2) is 18.7 Å². The maximum Gasteiger partial charge on any atom is 0.339 e. The minimum atomic E-state index is -1.09. The van der Waals surface area contributed by atoms with Crippen LogP contribution in [0.1, 0.15) is 10.4 Å². The second-order valence-electron chi connectivity index (χ2n) is 5.63. The SMILES string of the molecule is O=C(O)c1ccc(-c2cccc(Br)c2)n2nc(-c3ccc(F)cc3)nc12. The lowest BCUT2D eigenvalue weighted by molar-refractivity contribution is 0.0698. The van der Waals surface area contributed by atoms with Crippen LogP contribution >= 0.6 is 15.9 Å². The predicted molar refractivity (Wildman–Crippen MR) is 98.5 cm³/mol. The molecule has 0 bridgehead atoms. The zero-order valence-corrected chi connectivity index (χ0v) is 14.8. The number of halogens is 2. The van der Waals surface area contributed by atoms with Gasteiger partial charge in [0, 0.05) is 15.6 Å². The monoisotopic (exact) mass is 411 g/mol. The van der Waals surface area contributed by atoms with Crippen LogP contribution < -0.4 is 0 Å². The van der Waals surface area contributed by atoms with Gasteiger partial charge in [0.25, 0.3) is 0 Å². The number of aromatic nitrogens is 3. The summed E-state index contributed by atoms with van der Waals surface area (Å²) in [6, 6.07) is 16.5. The Hall–Kier alpha value is -3.06. The maximum absolute atomic E-state index is 13.2.